The summed E-state index contributed by atoms with van der Waals surface area (Å²) in [5.41, 5.74) is 1.13. The van der Waals surface area contributed by atoms with Crippen LogP contribution in [-0.4, -0.2) is 25.5 Å². The van der Waals surface area contributed by atoms with Gasteiger partial charge in [0.25, 0.3) is 5.91 Å². The maximum atomic E-state index is 13.6. The lowest BCUT2D eigenvalue weighted by molar-refractivity contribution is -0.897. The van der Waals surface area contributed by atoms with Crippen LogP contribution in [0.25, 0.3) is 0 Å². The highest BCUT2D eigenvalue weighted by Crippen LogP contribution is 2.14. The van der Waals surface area contributed by atoms with Gasteiger partial charge >= 0.3 is 0 Å². The lowest BCUT2D eigenvalue weighted by atomic mass is 9.99. The van der Waals surface area contributed by atoms with Crippen molar-refractivity contribution >= 4 is 11.6 Å². The predicted molar refractivity (Wildman–Crippen MR) is 73.7 cm³/mol. The number of aryl methyl sites for hydroxylation is 1. The first-order valence-corrected chi connectivity index (χ1v) is 6.94. The monoisotopic (exact) mass is 265 g/mol. The summed E-state index contributed by atoms with van der Waals surface area (Å²) in [6.45, 7) is 6.57. The molecule has 1 aliphatic rings. The molecule has 1 aliphatic heterocycles. The Balaban J connectivity index is 1.87. The lowest BCUT2D eigenvalue weighted by Crippen LogP contribution is -3.14. The topological polar surface area (TPSA) is 33.5 Å². The molecule has 104 valence electrons. The first-order chi connectivity index (χ1) is 9.04. The number of benzene rings is 1. The largest absolute Gasteiger partial charge is 0.327 e. The van der Waals surface area contributed by atoms with Crippen molar-refractivity contribution in [2.24, 2.45) is 5.92 Å². The molecular formula is C15H22FN2O+. The van der Waals surface area contributed by atoms with Gasteiger partial charge in [0.15, 0.2) is 6.54 Å². The summed E-state index contributed by atoms with van der Waals surface area (Å²) in [6.07, 6.45) is 2.34. The molecule has 1 aromatic rings. The van der Waals surface area contributed by atoms with Crippen molar-refractivity contribution in [2.45, 2.75) is 26.7 Å². The number of nitrogens with one attached hydrogen (secondary N) is 2. The standard InChI is InChI=1S/C15H21FN2O/c1-11-5-7-18(8-6-11)10-15(19)17-14-4-3-12(2)9-13(14)16/h3-4,9,11H,5-8,10H2,1-2H3,(H,17,19)/p+1. The van der Waals surface area contributed by atoms with Crippen LogP contribution in [0.3, 0.4) is 0 Å². The molecule has 1 saturated heterocycles. The van der Waals surface area contributed by atoms with Gasteiger partial charge in [0.2, 0.25) is 0 Å². The zero-order chi connectivity index (χ0) is 13.8. The minimum atomic E-state index is -0.365. The van der Waals surface area contributed by atoms with Gasteiger partial charge in [0, 0.05) is 0 Å². The van der Waals surface area contributed by atoms with Crippen LogP contribution >= 0.6 is 0 Å². The van der Waals surface area contributed by atoms with Gasteiger partial charge in [0.1, 0.15) is 5.82 Å². The molecule has 0 atom stereocenters. The van der Waals surface area contributed by atoms with Gasteiger partial charge in [-0.2, -0.15) is 0 Å². The zero-order valence-corrected chi connectivity index (χ0v) is 11.6. The summed E-state index contributed by atoms with van der Waals surface area (Å²) in [5.74, 6) is 0.296. The van der Waals surface area contributed by atoms with Crippen LogP contribution in [0, 0.1) is 18.7 Å². The Morgan fingerprint density at radius 3 is 2.74 bits per heavy atom. The molecule has 1 heterocycles. The Morgan fingerprint density at radius 2 is 2.11 bits per heavy atom. The maximum absolute atomic E-state index is 13.6. The lowest BCUT2D eigenvalue weighted by Gasteiger charge is -2.26. The van der Waals surface area contributed by atoms with E-state index in [4.69, 9.17) is 0 Å². The summed E-state index contributed by atoms with van der Waals surface area (Å²) in [7, 11) is 0. The minimum absolute atomic E-state index is 0.104. The molecule has 0 saturated carbocycles. The van der Waals surface area contributed by atoms with E-state index in [0.29, 0.717) is 6.54 Å². The van der Waals surface area contributed by atoms with Crippen LogP contribution < -0.4 is 10.2 Å². The molecule has 1 aromatic carbocycles. The number of anilines is 1. The zero-order valence-electron chi connectivity index (χ0n) is 11.6. The third-order valence-corrected chi connectivity index (χ3v) is 3.79. The number of hydrogen-bond acceptors (Lipinski definition) is 1. The molecule has 0 spiro atoms. The van der Waals surface area contributed by atoms with Crippen molar-refractivity contribution in [2.75, 3.05) is 25.0 Å². The summed E-state index contributed by atoms with van der Waals surface area (Å²) in [5, 5.41) is 2.66. The molecule has 0 unspecified atom stereocenters. The van der Waals surface area contributed by atoms with Gasteiger partial charge in [0.05, 0.1) is 18.8 Å². The Bertz CT molecular complexity index is 453. The van der Waals surface area contributed by atoms with Crippen LogP contribution in [0.1, 0.15) is 25.3 Å². The number of carbonyl (C=O) groups is 1. The number of hydrogen-bond donors (Lipinski definition) is 2. The van der Waals surface area contributed by atoms with Crippen molar-refractivity contribution in [3.05, 3.63) is 29.6 Å². The van der Waals surface area contributed by atoms with E-state index in [1.54, 1.807) is 12.1 Å². The Hall–Kier alpha value is -1.42. The van der Waals surface area contributed by atoms with Crippen molar-refractivity contribution in [1.29, 1.82) is 0 Å². The van der Waals surface area contributed by atoms with Gasteiger partial charge in [-0.25, -0.2) is 4.39 Å². The van der Waals surface area contributed by atoms with E-state index in [9.17, 15) is 9.18 Å². The molecule has 0 aromatic heterocycles. The van der Waals surface area contributed by atoms with Gasteiger partial charge in [-0.3, -0.25) is 4.79 Å². The predicted octanol–water partition coefficient (Wildman–Crippen LogP) is 1.39. The van der Waals surface area contributed by atoms with Crippen molar-refractivity contribution in [3.8, 4) is 0 Å². The fourth-order valence-electron chi connectivity index (χ4n) is 2.49. The third kappa shape index (κ3) is 4.03. The highest BCUT2D eigenvalue weighted by Gasteiger charge is 2.21. The highest BCUT2D eigenvalue weighted by atomic mass is 19.1. The third-order valence-electron chi connectivity index (χ3n) is 3.79. The van der Waals surface area contributed by atoms with Gasteiger partial charge in [-0.05, 0) is 43.4 Å². The molecule has 1 amide bonds. The average Bonchev–Trinajstić information content (AvgIpc) is 2.36. The van der Waals surface area contributed by atoms with Crippen LogP contribution in [0.4, 0.5) is 10.1 Å². The second-order valence-corrected chi connectivity index (χ2v) is 5.64. The van der Waals surface area contributed by atoms with Crippen molar-refractivity contribution < 1.29 is 14.1 Å². The second kappa shape index (κ2) is 6.15. The number of amides is 1. The normalized spacial score (nSPS) is 23.1. The molecule has 3 nitrogen and oxygen atoms in total. The van der Waals surface area contributed by atoms with E-state index in [1.807, 2.05) is 6.92 Å². The number of halogens is 1. The number of rotatable bonds is 3. The van der Waals surface area contributed by atoms with Crippen LogP contribution in [0.15, 0.2) is 18.2 Å². The molecule has 2 rings (SSSR count). The summed E-state index contributed by atoms with van der Waals surface area (Å²) >= 11 is 0. The molecule has 1 fully saturated rings. The van der Waals surface area contributed by atoms with E-state index in [1.165, 1.54) is 23.8 Å². The van der Waals surface area contributed by atoms with E-state index in [2.05, 4.69) is 12.2 Å². The number of likely N-dealkylation sites (tertiary alicyclic amines) is 1. The first-order valence-electron chi connectivity index (χ1n) is 6.94. The molecular weight excluding hydrogens is 243 g/mol. The number of piperidine rings is 1. The smallest absolute Gasteiger partial charge is 0.279 e. The Labute approximate surface area is 113 Å². The molecule has 0 aliphatic carbocycles. The van der Waals surface area contributed by atoms with E-state index in [0.717, 1.165) is 24.6 Å². The van der Waals surface area contributed by atoms with Crippen LogP contribution in [-0.2, 0) is 4.79 Å². The summed E-state index contributed by atoms with van der Waals surface area (Å²) in [6, 6.07) is 4.86. The summed E-state index contributed by atoms with van der Waals surface area (Å²) < 4.78 is 13.6. The fourth-order valence-corrected chi connectivity index (χ4v) is 2.49. The molecule has 2 N–H and O–H groups in total. The van der Waals surface area contributed by atoms with Crippen molar-refractivity contribution in [1.82, 2.24) is 0 Å². The highest BCUT2D eigenvalue weighted by molar-refractivity contribution is 5.91. The van der Waals surface area contributed by atoms with Gasteiger partial charge in [-0.1, -0.05) is 13.0 Å². The van der Waals surface area contributed by atoms with E-state index >= 15 is 0 Å². The van der Waals surface area contributed by atoms with Gasteiger partial charge in [-0.15, -0.1) is 0 Å². The minimum Gasteiger partial charge on any atom is -0.327 e. The Kier molecular flexibility index (Phi) is 4.53. The van der Waals surface area contributed by atoms with Crippen LogP contribution in [0.5, 0.6) is 0 Å². The first kappa shape index (κ1) is 14.0. The summed E-state index contributed by atoms with van der Waals surface area (Å²) in [4.78, 5) is 13.2. The average molecular weight is 265 g/mol. The molecule has 0 radical (unpaired) electrons. The number of carbonyl (C=O) groups excluding carboxylic acids is 1. The molecule has 19 heavy (non-hydrogen) atoms. The SMILES string of the molecule is Cc1ccc(NC(=O)C[NH+]2CCC(C)CC2)c(F)c1. The van der Waals surface area contributed by atoms with Gasteiger partial charge < -0.3 is 10.2 Å². The Morgan fingerprint density at radius 1 is 1.42 bits per heavy atom. The molecule has 0 bridgehead atoms. The van der Waals surface area contributed by atoms with E-state index in [-0.39, 0.29) is 17.4 Å². The quantitative estimate of drug-likeness (QED) is 0.851. The van der Waals surface area contributed by atoms with E-state index < -0.39 is 0 Å². The van der Waals surface area contributed by atoms with Crippen LogP contribution in [0.2, 0.25) is 0 Å². The molecule has 4 heteroatoms. The second-order valence-electron chi connectivity index (χ2n) is 5.64. The number of quaternary nitrogens is 1. The maximum Gasteiger partial charge on any atom is 0.279 e. The van der Waals surface area contributed by atoms with Crippen molar-refractivity contribution in [3.63, 3.8) is 0 Å². The fraction of sp³-hybridized carbons (Fsp3) is 0.533.